The second kappa shape index (κ2) is 4.04. The maximum absolute atomic E-state index is 11.5. The van der Waals surface area contributed by atoms with Gasteiger partial charge in [0.25, 0.3) is 0 Å². The molecule has 1 N–H and O–H groups in total. The molecule has 6 nitrogen and oxygen atoms in total. The third-order valence-electron chi connectivity index (χ3n) is 1.89. The van der Waals surface area contributed by atoms with Crippen molar-refractivity contribution in [3.8, 4) is 0 Å². The molecular formula is C11H14N4O2. The van der Waals surface area contributed by atoms with Crippen LogP contribution in [-0.4, -0.2) is 26.3 Å². The minimum absolute atomic E-state index is 0.509. The first-order valence-electron chi connectivity index (χ1n) is 5.23. The largest absolute Gasteiger partial charge is 0.444 e. The Kier molecular flexibility index (Phi) is 2.71. The Morgan fingerprint density at radius 1 is 1.47 bits per heavy atom. The molecule has 2 aromatic rings. The summed E-state index contributed by atoms with van der Waals surface area (Å²) in [6.07, 6.45) is 4.36. The molecule has 0 spiro atoms. The van der Waals surface area contributed by atoms with Crippen LogP contribution in [0.5, 0.6) is 0 Å². The first kappa shape index (κ1) is 11.4. The van der Waals surface area contributed by atoms with E-state index in [-0.39, 0.29) is 0 Å². The van der Waals surface area contributed by atoms with Gasteiger partial charge in [-0.15, -0.1) is 0 Å². The Morgan fingerprint density at radius 2 is 2.24 bits per heavy atom. The fraction of sp³-hybridized carbons (Fsp3) is 0.364. The lowest BCUT2D eigenvalue weighted by molar-refractivity contribution is 0.0636. The molecule has 1 amide bonds. The van der Waals surface area contributed by atoms with Gasteiger partial charge in [0.15, 0.2) is 5.65 Å². The minimum atomic E-state index is -0.521. The van der Waals surface area contributed by atoms with E-state index in [0.717, 1.165) is 5.65 Å². The van der Waals surface area contributed by atoms with E-state index in [0.29, 0.717) is 5.69 Å². The van der Waals surface area contributed by atoms with Crippen molar-refractivity contribution in [3.05, 3.63) is 24.7 Å². The summed E-state index contributed by atoms with van der Waals surface area (Å²) < 4.78 is 6.70. The second-order valence-electron chi connectivity index (χ2n) is 4.60. The van der Waals surface area contributed by atoms with Crippen molar-refractivity contribution >= 4 is 17.4 Å². The van der Waals surface area contributed by atoms with Gasteiger partial charge in [-0.3, -0.25) is 5.32 Å². The molecule has 0 atom stereocenters. The molecule has 0 unspecified atom stereocenters. The van der Waals surface area contributed by atoms with Crippen LogP contribution < -0.4 is 5.32 Å². The Bertz CT molecular complexity index is 542. The number of hydrogen-bond acceptors (Lipinski definition) is 4. The molecule has 0 radical (unpaired) electrons. The lowest BCUT2D eigenvalue weighted by atomic mass is 10.2. The standard InChI is InChI=1S/C11H14N4O2/c1-11(2,3)17-10(16)14-8-6-12-9-4-5-13-15(9)7-8/h4-7H,1-3H3,(H,14,16). The highest BCUT2D eigenvalue weighted by atomic mass is 16.6. The van der Waals surface area contributed by atoms with Crippen molar-refractivity contribution in [1.29, 1.82) is 0 Å². The summed E-state index contributed by atoms with van der Waals surface area (Å²) in [6.45, 7) is 5.42. The molecule has 2 aromatic heterocycles. The molecule has 0 aliphatic heterocycles. The summed E-state index contributed by atoms with van der Waals surface area (Å²) in [5.41, 5.74) is 0.739. The third kappa shape index (κ3) is 2.93. The monoisotopic (exact) mass is 234 g/mol. The van der Waals surface area contributed by atoms with Gasteiger partial charge in [0.2, 0.25) is 0 Å². The first-order chi connectivity index (χ1) is 7.94. The van der Waals surface area contributed by atoms with E-state index < -0.39 is 11.7 Å². The van der Waals surface area contributed by atoms with E-state index in [2.05, 4.69) is 15.4 Å². The summed E-state index contributed by atoms with van der Waals surface area (Å²) in [4.78, 5) is 15.6. The van der Waals surface area contributed by atoms with Crippen molar-refractivity contribution < 1.29 is 9.53 Å². The molecule has 0 saturated heterocycles. The normalized spacial score (nSPS) is 11.5. The van der Waals surface area contributed by atoms with Gasteiger partial charge in [-0.1, -0.05) is 0 Å². The molecule has 0 bridgehead atoms. The summed E-state index contributed by atoms with van der Waals surface area (Å²) in [5.74, 6) is 0. The van der Waals surface area contributed by atoms with Gasteiger partial charge in [-0.05, 0) is 20.8 Å². The van der Waals surface area contributed by atoms with Crippen molar-refractivity contribution in [2.75, 3.05) is 5.32 Å². The molecule has 0 fully saturated rings. The lowest BCUT2D eigenvalue weighted by Crippen LogP contribution is -2.27. The van der Waals surface area contributed by atoms with Crippen molar-refractivity contribution in [2.45, 2.75) is 26.4 Å². The number of carbonyl (C=O) groups is 1. The van der Waals surface area contributed by atoms with Crippen LogP contribution in [0.1, 0.15) is 20.8 Å². The van der Waals surface area contributed by atoms with Crippen molar-refractivity contribution in [3.63, 3.8) is 0 Å². The zero-order chi connectivity index (χ0) is 12.5. The van der Waals surface area contributed by atoms with E-state index in [1.807, 2.05) is 20.8 Å². The number of aromatic nitrogens is 3. The van der Waals surface area contributed by atoms with Crippen molar-refractivity contribution in [2.24, 2.45) is 0 Å². The van der Waals surface area contributed by atoms with Gasteiger partial charge in [-0.25, -0.2) is 14.3 Å². The number of amides is 1. The molecule has 6 heteroatoms. The zero-order valence-electron chi connectivity index (χ0n) is 9.97. The number of carbonyl (C=O) groups excluding carboxylic acids is 1. The molecule has 90 valence electrons. The number of ether oxygens (including phenoxy) is 1. The van der Waals surface area contributed by atoms with E-state index in [1.54, 1.807) is 29.2 Å². The maximum atomic E-state index is 11.5. The van der Waals surface area contributed by atoms with Crippen LogP contribution >= 0.6 is 0 Å². The van der Waals surface area contributed by atoms with Crippen LogP contribution in [0, 0.1) is 0 Å². The zero-order valence-corrected chi connectivity index (χ0v) is 9.97. The predicted molar refractivity (Wildman–Crippen MR) is 62.8 cm³/mol. The molecule has 0 aromatic carbocycles. The minimum Gasteiger partial charge on any atom is -0.444 e. The van der Waals surface area contributed by atoms with Crippen LogP contribution in [-0.2, 0) is 4.74 Å². The SMILES string of the molecule is CC(C)(C)OC(=O)Nc1cnc2ccnn2c1. The van der Waals surface area contributed by atoms with E-state index >= 15 is 0 Å². The lowest BCUT2D eigenvalue weighted by Gasteiger charge is -2.19. The Balaban J connectivity index is 2.10. The Morgan fingerprint density at radius 3 is 2.94 bits per heavy atom. The van der Waals surface area contributed by atoms with Gasteiger partial charge in [0.05, 0.1) is 24.3 Å². The van der Waals surface area contributed by atoms with Gasteiger partial charge in [0, 0.05) is 6.07 Å². The Labute approximate surface area is 98.6 Å². The average molecular weight is 234 g/mol. The number of fused-ring (bicyclic) bond motifs is 1. The fourth-order valence-corrected chi connectivity index (χ4v) is 1.30. The Hall–Kier alpha value is -2.11. The molecule has 0 aliphatic carbocycles. The quantitative estimate of drug-likeness (QED) is 0.820. The van der Waals surface area contributed by atoms with E-state index in [4.69, 9.17) is 4.74 Å². The molecular weight excluding hydrogens is 220 g/mol. The third-order valence-corrected chi connectivity index (χ3v) is 1.89. The van der Waals surface area contributed by atoms with Gasteiger partial charge in [-0.2, -0.15) is 5.10 Å². The van der Waals surface area contributed by atoms with Crippen LogP contribution in [0.2, 0.25) is 0 Å². The number of rotatable bonds is 1. The fourth-order valence-electron chi connectivity index (χ4n) is 1.30. The number of hydrogen-bond donors (Lipinski definition) is 1. The second-order valence-corrected chi connectivity index (χ2v) is 4.60. The van der Waals surface area contributed by atoms with Crippen LogP contribution in [0.4, 0.5) is 10.5 Å². The smallest absolute Gasteiger partial charge is 0.412 e. The van der Waals surface area contributed by atoms with E-state index in [1.165, 1.54) is 0 Å². The summed E-state index contributed by atoms with van der Waals surface area (Å²) in [6, 6.07) is 1.78. The number of anilines is 1. The average Bonchev–Trinajstić information content (AvgIpc) is 2.61. The van der Waals surface area contributed by atoms with Crippen LogP contribution in [0.15, 0.2) is 24.7 Å². The summed E-state index contributed by atoms with van der Waals surface area (Å²) in [5, 5.41) is 6.62. The highest BCUT2D eigenvalue weighted by Crippen LogP contribution is 2.11. The number of nitrogens with zero attached hydrogens (tertiary/aromatic N) is 3. The molecule has 2 rings (SSSR count). The highest BCUT2D eigenvalue weighted by molar-refractivity contribution is 5.84. The van der Waals surface area contributed by atoms with Crippen LogP contribution in [0.25, 0.3) is 5.65 Å². The van der Waals surface area contributed by atoms with E-state index in [9.17, 15) is 4.79 Å². The highest BCUT2D eigenvalue weighted by Gasteiger charge is 2.16. The molecule has 0 saturated carbocycles. The van der Waals surface area contributed by atoms with Crippen molar-refractivity contribution in [1.82, 2.24) is 14.6 Å². The summed E-state index contributed by atoms with van der Waals surface area (Å²) >= 11 is 0. The van der Waals surface area contributed by atoms with Gasteiger partial charge in [0.1, 0.15) is 5.60 Å². The first-order valence-corrected chi connectivity index (χ1v) is 5.23. The predicted octanol–water partition coefficient (Wildman–Crippen LogP) is 2.08. The van der Waals surface area contributed by atoms with Gasteiger partial charge < -0.3 is 4.74 Å². The maximum Gasteiger partial charge on any atom is 0.412 e. The topological polar surface area (TPSA) is 68.5 Å². The molecule has 0 aliphatic rings. The summed E-state index contributed by atoms with van der Waals surface area (Å²) in [7, 11) is 0. The number of nitrogens with one attached hydrogen (secondary N) is 1. The molecule has 17 heavy (non-hydrogen) atoms. The van der Waals surface area contributed by atoms with Gasteiger partial charge >= 0.3 is 6.09 Å². The van der Waals surface area contributed by atoms with Crippen LogP contribution in [0.3, 0.4) is 0 Å². The molecule has 2 heterocycles.